The van der Waals surface area contributed by atoms with Crippen LogP contribution < -0.4 is 10.6 Å². The minimum atomic E-state index is -0.167. The number of terminal acetylenes is 1. The SMILES string of the molecule is C#C/C(=C(/C)NC)C(C1=CC=CC1)/C(C#N)=C(\C)NC. The maximum atomic E-state index is 9.55. The second kappa shape index (κ2) is 7.26. The lowest BCUT2D eigenvalue weighted by atomic mass is 9.82. The summed E-state index contributed by atoms with van der Waals surface area (Å²) in [5, 5.41) is 15.7. The van der Waals surface area contributed by atoms with E-state index in [9.17, 15) is 5.26 Å². The van der Waals surface area contributed by atoms with Crippen molar-refractivity contribution in [3.63, 3.8) is 0 Å². The summed E-state index contributed by atoms with van der Waals surface area (Å²) in [6.45, 7) is 3.84. The highest BCUT2D eigenvalue weighted by Gasteiger charge is 2.26. The molecule has 0 aliphatic heterocycles. The number of hydrogen-bond donors (Lipinski definition) is 2. The number of rotatable bonds is 5. The van der Waals surface area contributed by atoms with Crippen LogP contribution in [0.2, 0.25) is 0 Å². The van der Waals surface area contributed by atoms with Crippen molar-refractivity contribution in [2.24, 2.45) is 5.92 Å². The lowest BCUT2D eigenvalue weighted by Crippen LogP contribution is -2.18. The van der Waals surface area contributed by atoms with Crippen LogP contribution in [0.5, 0.6) is 0 Å². The summed E-state index contributed by atoms with van der Waals surface area (Å²) in [6.07, 6.45) is 12.7. The van der Waals surface area contributed by atoms with Gasteiger partial charge in [0.25, 0.3) is 0 Å². The lowest BCUT2D eigenvalue weighted by molar-refractivity contribution is 0.797. The van der Waals surface area contributed by atoms with Crippen LogP contribution in [-0.4, -0.2) is 14.1 Å². The van der Waals surface area contributed by atoms with E-state index in [1.165, 1.54) is 0 Å². The van der Waals surface area contributed by atoms with Gasteiger partial charge in [-0.25, -0.2) is 0 Å². The van der Waals surface area contributed by atoms with Gasteiger partial charge in [-0.15, -0.1) is 6.42 Å². The van der Waals surface area contributed by atoms with E-state index in [1.54, 1.807) is 0 Å². The first-order valence-electron chi connectivity index (χ1n) is 6.60. The van der Waals surface area contributed by atoms with Crippen molar-refractivity contribution in [2.75, 3.05) is 14.1 Å². The van der Waals surface area contributed by atoms with Gasteiger partial charge in [0, 0.05) is 31.1 Å². The highest BCUT2D eigenvalue weighted by Crippen LogP contribution is 2.34. The summed E-state index contributed by atoms with van der Waals surface area (Å²) in [7, 11) is 3.65. The second-order valence-corrected chi connectivity index (χ2v) is 4.64. The van der Waals surface area contributed by atoms with E-state index >= 15 is 0 Å². The van der Waals surface area contributed by atoms with E-state index in [4.69, 9.17) is 6.42 Å². The molecule has 0 bridgehead atoms. The van der Waals surface area contributed by atoms with E-state index in [-0.39, 0.29) is 5.92 Å². The zero-order chi connectivity index (χ0) is 15.1. The maximum Gasteiger partial charge on any atom is 0.0975 e. The molecule has 3 heteroatoms. The molecular weight excluding hydrogens is 246 g/mol. The van der Waals surface area contributed by atoms with Gasteiger partial charge in [-0.1, -0.05) is 29.7 Å². The third kappa shape index (κ3) is 3.13. The third-order valence-corrected chi connectivity index (χ3v) is 3.58. The molecule has 0 saturated carbocycles. The maximum absolute atomic E-state index is 9.55. The van der Waals surface area contributed by atoms with Crippen LogP contribution in [0.25, 0.3) is 0 Å². The van der Waals surface area contributed by atoms with Gasteiger partial charge in [0.1, 0.15) is 0 Å². The number of hydrogen-bond acceptors (Lipinski definition) is 3. The van der Waals surface area contributed by atoms with Gasteiger partial charge in [-0.3, -0.25) is 0 Å². The predicted octanol–water partition coefficient (Wildman–Crippen LogP) is 2.63. The Morgan fingerprint density at radius 3 is 2.25 bits per heavy atom. The first-order valence-corrected chi connectivity index (χ1v) is 6.60. The molecule has 1 unspecified atom stereocenters. The van der Waals surface area contributed by atoms with Gasteiger partial charge in [-0.05, 0) is 20.3 Å². The summed E-state index contributed by atoms with van der Waals surface area (Å²) < 4.78 is 0. The molecule has 20 heavy (non-hydrogen) atoms. The normalized spacial score (nSPS) is 17.2. The Bertz CT molecular complexity index is 536. The predicted molar refractivity (Wildman–Crippen MR) is 83.3 cm³/mol. The molecule has 0 spiro atoms. The molecule has 0 radical (unpaired) electrons. The molecular formula is C17H21N3. The smallest absolute Gasteiger partial charge is 0.0975 e. The van der Waals surface area contributed by atoms with Crippen molar-refractivity contribution in [3.8, 4) is 18.4 Å². The Morgan fingerprint density at radius 1 is 1.25 bits per heavy atom. The molecule has 0 aromatic heterocycles. The van der Waals surface area contributed by atoms with Crippen LogP contribution >= 0.6 is 0 Å². The van der Waals surface area contributed by atoms with Crippen molar-refractivity contribution in [3.05, 3.63) is 46.3 Å². The van der Waals surface area contributed by atoms with Crippen molar-refractivity contribution in [2.45, 2.75) is 20.3 Å². The van der Waals surface area contributed by atoms with Crippen LogP contribution in [-0.2, 0) is 0 Å². The molecule has 0 heterocycles. The minimum Gasteiger partial charge on any atom is -0.391 e. The Morgan fingerprint density at radius 2 is 1.85 bits per heavy atom. The third-order valence-electron chi connectivity index (χ3n) is 3.58. The molecule has 0 aromatic carbocycles. The first kappa shape index (κ1) is 15.7. The zero-order valence-corrected chi connectivity index (χ0v) is 12.5. The molecule has 104 valence electrons. The summed E-state index contributed by atoms with van der Waals surface area (Å²) in [5.41, 5.74) is 4.40. The van der Waals surface area contributed by atoms with Crippen molar-refractivity contribution >= 4 is 0 Å². The van der Waals surface area contributed by atoms with Crippen LogP contribution in [0.1, 0.15) is 20.3 Å². The zero-order valence-electron chi connectivity index (χ0n) is 12.5. The molecule has 0 amide bonds. The molecule has 1 aliphatic rings. The molecule has 1 rings (SSSR count). The largest absolute Gasteiger partial charge is 0.391 e. The quantitative estimate of drug-likeness (QED) is 0.594. The second-order valence-electron chi connectivity index (χ2n) is 4.64. The fourth-order valence-corrected chi connectivity index (χ4v) is 2.24. The van der Waals surface area contributed by atoms with Crippen LogP contribution in [0.3, 0.4) is 0 Å². The number of nitrogens with one attached hydrogen (secondary N) is 2. The van der Waals surface area contributed by atoms with Gasteiger partial charge in [0.05, 0.1) is 17.6 Å². The van der Waals surface area contributed by atoms with Gasteiger partial charge >= 0.3 is 0 Å². The minimum absolute atomic E-state index is 0.167. The average molecular weight is 267 g/mol. The molecule has 0 aromatic rings. The monoisotopic (exact) mass is 267 g/mol. The fourth-order valence-electron chi connectivity index (χ4n) is 2.24. The number of nitriles is 1. The molecule has 1 atom stereocenters. The van der Waals surface area contributed by atoms with Crippen molar-refractivity contribution in [1.82, 2.24) is 10.6 Å². The summed E-state index contributed by atoms with van der Waals surface area (Å²) in [6, 6.07) is 2.31. The fraction of sp³-hybridized carbons (Fsp3) is 0.353. The van der Waals surface area contributed by atoms with Gasteiger partial charge in [-0.2, -0.15) is 5.26 Å². The van der Waals surface area contributed by atoms with E-state index in [0.29, 0.717) is 5.57 Å². The molecule has 3 nitrogen and oxygen atoms in total. The van der Waals surface area contributed by atoms with Gasteiger partial charge < -0.3 is 10.6 Å². The van der Waals surface area contributed by atoms with Crippen LogP contribution in [0, 0.1) is 29.6 Å². The van der Waals surface area contributed by atoms with Crippen molar-refractivity contribution in [1.29, 1.82) is 5.26 Å². The molecule has 2 N–H and O–H groups in total. The molecule has 0 fully saturated rings. The number of nitrogens with zero attached hydrogens (tertiary/aromatic N) is 1. The Kier molecular flexibility index (Phi) is 5.69. The molecule has 0 saturated heterocycles. The topological polar surface area (TPSA) is 47.9 Å². The average Bonchev–Trinajstić information content (AvgIpc) is 3.00. The van der Waals surface area contributed by atoms with E-state index in [2.05, 4.69) is 28.7 Å². The standard InChI is InChI=1S/C17H21N3/c1-6-15(12(2)19-4)17(14-9-7-8-10-14)16(11-18)13(3)20-5/h1,7-9,17,19-20H,10H2,2-5H3/b15-12+,16-13+. The molecule has 1 aliphatic carbocycles. The Balaban J connectivity index is 3.46. The van der Waals surface area contributed by atoms with E-state index in [1.807, 2.05) is 40.1 Å². The summed E-state index contributed by atoms with van der Waals surface area (Å²) in [5.74, 6) is 2.59. The summed E-state index contributed by atoms with van der Waals surface area (Å²) >= 11 is 0. The van der Waals surface area contributed by atoms with E-state index < -0.39 is 0 Å². The van der Waals surface area contributed by atoms with Gasteiger partial charge in [0.2, 0.25) is 0 Å². The Labute approximate surface area is 121 Å². The first-order chi connectivity index (χ1) is 9.60. The number of allylic oxidation sites excluding steroid dienone is 8. The van der Waals surface area contributed by atoms with Crippen molar-refractivity contribution < 1.29 is 0 Å². The Hall–Kier alpha value is -2.39. The lowest BCUT2D eigenvalue weighted by Gasteiger charge is -2.22. The highest BCUT2D eigenvalue weighted by atomic mass is 14.8. The van der Waals surface area contributed by atoms with E-state index in [0.717, 1.165) is 29.0 Å². The summed E-state index contributed by atoms with van der Waals surface area (Å²) in [4.78, 5) is 0. The highest BCUT2D eigenvalue weighted by molar-refractivity contribution is 5.51. The van der Waals surface area contributed by atoms with Crippen LogP contribution in [0.4, 0.5) is 0 Å². The van der Waals surface area contributed by atoms with Gasteiger partial charge in [0.15, 0.2) is 0 Å². The van der Waals surface area contributed by atoms with Crippen LogP contribution in [0.15, 0.2) is 46.3 Å².